The van der Waals surface area contributed by atoms with E-state index in [1.165, 1.54) is 16.7 Å². The fourth-order valence-electron chi connectivity index (χ4n) is 2.82. The standard InChI is InChI=1S/C20H26O/c1-4-16-9-7-10-17(15-16)11-8-13-18-12-5-6-14-19(18)20(2,3)21/h5-7,9-10,12,14-15,21H,4,8,11,13H2,1-3H3. The second-order valence-corrected chi connectivity index (χ2v) is 6.24. The zero-order valence-electron chi connectivity index (χ0n) is 13.4. The third-order valence-corrected chi connectivity index (χ3v) is 3.99. The Morgan fingerprint density at radius 3 is 2.33 bits per heavy atom. The van der Waals surface area contributed by atoms with E-state index in [1.54, 1.807) is 0 Å². The predicted molar refractivity (Wildman–Crippen MR) is 89.5 cm³/mol. The Hall–Kier alpha value is -1.60. The monoisotopic (exact) mass is 282 g/mol. The molecule has 2 rings (SSSR count). The van der Waals surface area contributed by atoms with Crippen LogP contribution in [-0.4, -0.2) is 5.11 Å². The van der Waals surface area contributed by atoms with Crippen LogP contribution in [0.5, 0.6) is 0 Å². The molecule has 0 spiro atoms. The van der Waals surface area contributed by atoms with E-state index in [-0.39, 0.29) is 0 Å². The van der Waals surface area contributed by atoms with Gasteiger partial charge in [0.15, 0.2) is 0 Å². The Morgan fingerprint density at radius 1 is 0.905 bits per heavy atom. The molecule has 0 aliphatic carbocycles. The van der Waals surface area contributed by atoms with E-state index >= 15 is 0 Å². The van der Waals surface area contributed by atoms with Gasteiger partial charge in [0.25, 0.3) is 0 Å². The quantitative estimate of drug-likeness (QED) is 0.817. The molecule has 21 heavy (non-hydrogen) atoms. The molecule has 0 radical (unpaired) electrons. The Balaban J connectivity index is 2.01. The SMILES string of the molecule is CCc1cccc(CCCc2ccccc2C(C)(C)O)c1. The van der Waals surface area contributed by atoms with Gasteiger partial charge in [-0.25, -0.2) is 0 Å². The molecule has 0 aliphatic rings. The van der Waals surface area contributed by atoms with Crippen molar-refractivity contribution in [2.45, 2.75) is 52.1 Å². The van der Waals surface area contributed by atoms with Gasteiger partial charge in [0.1, 0.15) is 0 Å². The summed E-state index contributed by atoms with van der Waals surface area (Å²) in [6.45, 7) is 5.91. The highest BCUT2D eigenvalue weighted by Crippen LogP contribution is 2.24. The summed E-state index contributed by atoms with van der Waals surface area (Å²) in [6, 6.07) is 17.1. The zero-order valence-corrected chi connectivity index (χ0v) is 13.4. The molecule has 0 heterocycles. The van der Waals surface area contributed by atoms with Crippen molar-refractivity contribution in [2.24, 2.45) is 0 Å². The zero-order chi connectivity index (χ0) is 15.3. The van der Waals surface area contributed by atoms with E-state index in [2.05, 4.69) is 43.3 Å². The Bertz CT molecular complexity index is 578. The van der Waals surface area contributed by atoms with Crippen molar-refractivity contribution in [3.8, 4) is 0 Å². The number of hydrogen-bond donors (Lipinski definition) is 1. The summed E-state index contributed by atoms with van der Waals surface area (Å²) in [7, 11) is 0. The summed E-state index contributed by atoms with van der Waals surface area (Å²) in [6.07, 6.45) is 4.31. The summed E-state index contributed by atoms with van der Waals surface area (Å²) in [5.41, 5.74) is 4.36. The highest BCUT2D eigenvalue weighted by Gasteiger charge is 2.18. The van der Waals surface area contributed by atoms with Gasteiger partial charge in [0, 0.05) is 0 Å². The molecule has 0 bridgehead atoms. The average Bonchev–Trinajstić information content (AvgIpc) is 2.47. The average molecular weight is 282 g/mol. The summed E-state index contributed by atoms with van der Waals surface area (Å²) < 4.78 is 0. The van der Waals surface area contributed by atoms with Gasteiger partial charge in [0.2, 0.25) is 0 Å². The minimum atomic E-state index is -0.765. The highest BCUT2D eigenvalue weighted by molar-refractivity contribution is 5.32. The van der Waals surface area contributed by atoms with Gasteiger partial charge < -0.3 is 5.11 Å². The number of aryl methyl sites for hydroxylation is 3. The van der Waals surface area contributed by atoms with E-state index in [4.69, 9.17) is 0 Å². The number of aliphatic hydroxyl groups is 1. The van der Waals surface area contributed by atoms with Crippen molar-refractivity contribution in [3.05, 3.63) is 70.8 Å². The third-order valence-electron chi connectivity index (χ3n) is 3.99. The van der Waals surface area contributed by atoms with Crippen LogP contribution in [0.3, 0.4) is 0 Å². The smallest absolute Gasteiger partial charge is 0.0843 e. The van der Waals surface area contributed by atoms with Crippen LogP contribution in [0, 0.1) is 0 Å². The molecular formula is C20H26O. The molecule has 1 N–H and O–H groups in total. The fourth-order valence-corrected chi connectivity index (χ4v) is 2.82. The predicted octanol–water partition coefficient (Wildman–Crippen LogP) is 4.65. The van der Waals surface area contributed by atoms with E-state index in [0.717, 1.165) is 31.2 Å². The number of hydrogen-bond acceptors (Lipinski definition) is 1. The molecular weight excluding hydrogens is 256 g/mol. The Labute approximate surface area is 128 Å². The summed E-state index contributed by atoms with van der Waals surface area (Å²) in [4.78, 5) is 0. The first kappa shape index (κ1) is 15.8. The summed E-state index contributed by atoms with van der Waals surface area (Å²) in [5.74, 6) is 0. The lowest BCUT2D eigenvalue weighted by molar-refractivity contribution is 0.0776. The van der Waals surface area contributed by atoms with Crippen molar-refractivity contribution in [1.29, 1.82) is 0 Å². The molecule has 0 fully saturated rings. The van der Waals surface area contributed by atoms with Crippen LogP contribution >= 0.6 is 0 Å². The highest BCUT2D eigenvalue weighted by atomic mass is 16.3. The first-order valence-corrected chi connectivity index (χ1v) is 7.89. The minimum Gasteiger partial charge on any atom is -0.386 e. The Kier molecular flexibility index (Phi) is 5.19. The molecule has 2 aromatic rings. The summed E-state index contributed by atoms with van der Waals surface area (Å²) in [5, 5.41) is 10.3. The van der Waals surface area contributed by atoms with E-state index in [1.807, 2.05) is 26.0 Å². The van der Waals surface area contributed by atoms with Crippen LogP contribution in [-0.2, 0) is 24.9 Å². The van der Waals surface area contributed by atoms with Gasteiger partial charge in [-0.2, -0.15) is 0 Å². The molecule has 0 aliphatic heterocycles. The minimum absolute atomic E-state index is 0.765. The van der Waals surface area contributed by atoms with Gasteiger partial charge >= 0.3 is 0 Å². The number of rotatable bonds is 6. The molecule has 0 aromatic heterocycles. The van der Waals surface area contributed by atoms with E-state index < -0.39 is 5.60 Å². The van der Waals surface area contributed by atoms with Crippen molar-refractivity contribution in [3.63, 3.8) is 0 Å². The second kappa shape index (κ2) is 6.91. The van der Waals surface area contributed by atoms with Crippen molar-refractivity contribution in [2.75, 3.05) is 0 Å². The maximum absolute atomic E-state index is 10.3. The van der Waals surface area contributed by atoms with Crippen LogP contribution in [0.2, 0.25) is 0 Å². The fraction of sp³-hybridized carbons (Fsp3) is 0.400. The summed E-state index contributed by atoms with van der Waals surface area (Å²) >= 11 is 0. The molecule has 0 amide bonds. The van der Waals surface area contributed by atoms with Crippen LogP contribution < -0.4 is 0 Å². The van der Waals surface area contributed by atoms with Crippen molar-refractivity contribution >= 4 is 0 Å². The molecule has 0 saturated heterocycles. The molecule has 1 heteroatoms. The van der Waals surface area contributed by atoms with Gasteiger partial charge in [-0.05, 0) is 61.8 Å². The lowest BCUT2D eigenvalue weighted by atomic mass is 9.90. The molecule has 0 saturated carbocycles. The molecule has 112 valence electrons. The molecule has 0 atom stereocenters. The van der Waals surface area contributed by atoms with Gasteiger partial charge in [-0.15, -0.1) is 0 Å². The maximum Gasteiger partial charge on any atom is 0.0843 e. The Morgan fingerprint density at radius 2 is 1.62 bits per heavy atom. The number of benzene rings is 2. The van der Waals surface area contributed by atoms with Crippen LogP contribution in [0.1, 0.15) is 49.4 Å². The maximum atomic E-state index is 10.3. The normalized spacial score (nSPS) is 11.6. The van der Waals surface area contributed by atoms with Crippen molar-refractivity contribution in [1.82, 2.24) is 0 Å². The van der Waals surface area contributed by atoms with Gasteiger partial charge in [-0.1, -0.05) is 55.5 Å². The van der Waals surface area contributed by atoms with E-state index in [9.17, 15) is 5.11 Å². The van der Waals surface area contributed by atoms with Gasteiger partial charge in [0.05, 0.1) is 5.60 Å². The molecule has 0 unspecified atom stereocenters. The lowest BCUT2D eigenvalue weighted by Crippen LogP contribution is -2.18. The van der Waals surface area contributed by atoms with Crippen LogP contribution in [0.4, 0.5) is 0 Å². The molecule has 1 nitrogen and oxygen atoms in total. The van der Waals surface area contributed by atoms with Gasteiger partial charge in [-0.3, -0.25) is 0 Å². The van der Waals surface area contributed by atoms with Crippen LogP contribution in [0.25, 0.3) is 0 Å². The largest absolute Gasteiger partial charge is 0.386 e. The second-order valence-electron chi connectivity index (χ2n) is 6.24. The third kappa shape index (κ3) is 4.44. The first-order chi connectivity index (χ1) is 10.0. The van der Waals surface area contributed by atoms with Crippen LogP contribution in [0.15, 0.2) is 48.5 Å². The van der Waals surface area contributed by atoms with Crippen molar-refractivity contribution < 1.29 is 5.11 Å². The topological polar surface area (TPSA) is 20.2 Å². The van der Waals surface area contributed by atoms with E-state index in [0.29, 0.717) is 0 Å². The molecule has 2 aromatic carbocycles. The lowest BCUT2D eigenvalue weighted by Gasteiger charge is -2.21. The first-order valence-electron chi connectivity index (χ1n) is 7.89.